The molecule has 0 spiro atoms. The normalized spacial score (nSPS) is 11.7. The number of pyridine rings is 3. The molecular formula is C29H17ClF3N9. The van der Waals surface area contributed by atoms with E-state index in [2.05, 4.69) is 42.0 Å². The van der Waals surface area contributed by atoms with Crippen LogP contribution in [0.25, 0.3) is 16.6 Å². The molecule has 13 heteroatoms. The molecular weight excluding hydrogens is 567 g/mol. The van der Waals surface area contributed by atoms with Crippen molar-refractivity contribution >= 4 is 39.6 Å². The van der Waals surface area contributed by atoms with Gasteiger partial charge in [0.05, 0.1) is 51.6 Å². The van der Waals surface area contributed by atoms with Gasteiger partial charge in [-0.1, -0.05) is 28.9 Å². The Balaban J connectivity index is 1.44. The molecule has 0 saturated heterocycles. The van der Waals surface area contributed by atoms with Crippen LogP contribution in [0, 0.1) is 28.9 Å². The number of nitrogens with one attached hydrogen (secondary N) is 2. The van der Waals surface area contributed by atoms with Crippen LogP contribution in [0.5, 0.6) is 0 Å². The van der Waals surface area contributed by atoms with E-state index in [9.17, 15) is 18.4 Å². The van der Waals surface area contributed by atoms with Crippen LogP contribution in [0.4, 0.5) is 30.2 Å². The zero-order valence-corrected chi connectivity index (χ0v) is 22.1. The lowest BCUT2D eigenvalue weighted by molar-refractivity contribution is 0.480. The van der Waals surface area contributed by atoms with Gasteiger partial charge < -0.3 is 10.6 Å². The number of rotatable bonds is 7. The number of aromatic nitrogens is 6. The van der Waals surface area contributed by atoms with E-state index in [0.717, 1.165) is 18.0 Å². The number of fused-ring (bicyclic) bond motifs is 1. The predicted molar refractivity (Wildman–Crippen MR) is 150 cm³/mol. The van der Waals surface area contributed by atoms with Gasteiger partial charge in [0, 0.05) is 35.7 Å². The molecule has 0 radical (unpaired) electrons. The van der Waals surface area contributed by atoms with Gasteiger partial charge in [0.25, 0.3) is 0 Å². The van der Waals surface area contributed by atoms with Crippen molar-refractivity contribution in [2.75, 3.05) is 10.6 Å². The molecule has 0 saturated carbocycles. The Bertz CT molecular complexity index is 1960. The van der Waals surface area contributed by atoms with E-state index in [1.54, 1.807) is 59.7 Å². The molecule has 2 aromatic carbocycles. The smallest absolute Gasteiger partial charge is 0.249 e. The summed E-state index contributed by atoms with van der Waals surface area (Å²) in [6.45, 7) is 0. The van der Waals surface area contributed by atoms with Gasteiger partial charge in [-0.3, -0.25) is 9.97 Å². The second-order valence-electron chi connectivity index (χ2n) is 9.06. The molecule has 2 N–H and O–H groups in total. The first-order chi connectivity index (χ1) is 20.4. The maximum Gasteiger partial charge on any atom is 0.249 e. The van der Waals surface area contributed by atoms with Crippen molar-refractivity contribution in [2.24, 2.45) is 0 Å². The first kappa shape index (κ1) is 26.7. The summed E-state index contributed by atoms with van der Waals surface area (Å²) < 4.78 is 42.7. The van der Waals surface area contributed by atoms with E-state index in [4.69, 9.17) is 11.6 Å². The van der Waals surface area contributed by atoms with Crippen molar-refractivity contribution in [3.8, 4) is 11.8 Å². The largest absolute Gasteiger partial charge is 0.373 e. The van der Waals surface area contributed by atoms with Crippen LogP contribution in [0.3, 0.4) is 0 Å². The SMILES string of the molecule is N#Cc1cnc2c(Cl)cc(N[C@@H](c3ccc(F)cc3)c3cn(-c4ccncc4)nn3)cc2c1Nc1cnc(F)c(F)c1. The third-order valence-corrected chi connectivity index (χ3v) is 6.65. The average Bonchev–Trinajstić information content (AvgIpc) is 3.49. The molecule has 0 fully saturated rings. The van der Waals surface area contributed by atoms with Gasteiger partial charge in [-0.15, -0.1) is 5.10 Å². The highest BCUT2D eigenvalue weighted by molar-refractivity contribution is 6.36. The number of benzene rings is 2. The van der Waals surface area contributed by atoms with Gasteiger partial charge in [-0.25, -0.2) is 18.4 Å². The summed E-state index contributed by atoms with van der Waals surface area (Å²) in [5, 5.41) is 25.4. The van der Waals surface area contributed by atoms with Crippen molar-refractivity contribution in [1.82, 2.24) is 29.9 Å². The van der Waals surface area contributed by atoms with E-state index in [1.165, 1.54) is 18.3 Å². The Morgan fingerprint density at radius 1 is 0.929 bits per heavy atom. The van der Waals surface area contributed by atoms with Crippen molar-refractivity contribution in [3.63, 3.8) is 0 Å². The van der Waals surface area contributed by atoms with Crippen LogP contribution >= 0.6 is 11.6 Å². The fourth-order valence-corrected chi connectivity index (χ4v) is 4.65. The highest BCUT2D eigenvalue weighted by atomic mass is 35.5. The number of nitriles is 1. The highest BCUT2D eigenvalue weighted by Crippen LogP contribution is 2.36. The lowest BCUT2D eigenvalue weighted by Crippen LogP contribution is -2.13. The van der Waals surface area contributed by atoms with Gasteiger partial charge >= 0.3 is 0 Å². The number of nitrogens with zero attached hydrogens (tertiary/aromatic N) is 7. The van der Waals surface area contributed by atoms with Crippen molar-refractivity contribution < 1.29 is 13.2 Å². The van der Waals surface area contributed by atoms with Crippen LogP contribution < -0.4 is 10.6 Å². The summed E-state index contributed by atoms with van der Waals surface area (Å²) in [6, 6.07) is 15.2. The number of hydrogen-bond acceptors (Lipinski definition) is 8. The third kappa shape index (κ3) is 5.28. The summed E-state index contributed by atoms with van der Waals surface area (Å²) in [6.07, 6.45) is 7.43. The topological polar surface area (TPSA) is 117 Å². The summed E-state index contributed by atoms with van der Waals surface area (Å²) in [5.41, 5.74) is 3.33. The maximum atomic E-state index is 13.9. The minimum absolute atomic E-state index is 0.115. The van der Waals surface area contributed by atoms with Crippen molar-refractivity contribution in [2.45, 2.75) is 6.04 Å². The Hall–Kier alpha value is -5.54. The van der Waals surface area contributed by atoms with Crippen LogP contribution in [0.2, 0.25) is 5.02 Å². The summed E-state index contributed by atoms with van der Waals surface area (Å²) >= 11 is 6.64. The molecule has 0 unspecified atom stereocenters. The molecule has 0 aliphatic carbocycles. The van der Waals surface area contributed by atoms with E-state index < -0.39 is 23.6 Å². The van der Waals surface area contributed by atoms with Crippen LogP contribution in [-0.2, 0) is 0 Å². The Kier molecular flexibility index (Phi) is 7.08. The molecule has 0 aliphatic heterocycles. The number of anilines is 3. The van der Waals surface area contributed by atoms with Gasteiger partial charge in [-0.05, 0) is 42.0 Å². The standard InChI is InChI=1S/C29H17ClF3N9/c30-23-10-19(9-22-26(17(12-34)13-36-28(22)23)39-20-11-24(32)29(33)37-14-20)38-27(16-1-3-18(31)4-2-16)25-15-42(41-40-25)21-5-7-35-8-6-21/h1-11,13-15,27,38H,(H,36,39)/t27-/m0/s1. The fourth-order valence-electron chi connectivity index (χ4n) is 4.38. The molecule has 4 heterocycles. The molecule has 42 heavy (non-hydrogen) atoms. The van der Waals surface area contributed by atoms with Gasteiger partial charge in [-0.2, -0.15) is 9.65 Å². The lowest BCUT2D eigenvalue weighted by Gasteiger charge is -2.20. The first-order valence-corrected chi connectivity index (χ1v) is 12.7. The number of hydrogen-bond donors (Lipinski definition) is 2. The monoisotopic (exact) mass is 583 g/mol. The molecule has 9 nitrogen and oxygen atoms in total. The van der Waals surface area contributed by atoms with Crippen LogP contribution in [0.1, 0.15) is 22.9 Å². The lowest BCUT2D eigenvalue weighted by atomic mass is 10.0. The van der Waals surface area contributed by atoms with E-state index in [0.29, 0.717) is 27.8 Å². The molecule has 1 atom stereocenters. The van der Waals surface area contributed by atoms with E-state index >= 15 is 0 Å². The molecule has 4 aromatic heterocycles. The first-order valence-electron chi connectivity index (χ1n) is 12.3. The second-order valence-corrected chi connectivity index (χ2v) is 9.46. The quantitative estimate of drug-likeness (QED) is 0.205. The Morgan fingerprint density at radius 2 is 1.71 bits per heavy atom. The zero-order chi connectivity index (χ0) is 29.2. The molecule has 0 amide bonds. The zero-order valence-electron chi connectivity index (χ0n) is 21.3. The van der Waals surface area contributed by atoms with Gasteiger partial charge in [0.2, 0.25) is 5.95 Å². The number of halogens is 4. The van der Waals surface area contributed by atoms with Gasteiger partial charge in [0.15, 0.2) is 5.82 Å². The predicted octanol–water partition coefficient (Wildman–Crippen LogP) is 6.49. The highest BCUT2D eigenvalue weighted by Gasteiger charge is 2.21. The molecule has 6 rings (SSSR count). The van der Waals surface area contributed by atoms with E-state index in [-0.39, 0.29) is 22.0 Å². The summed E-state index contributed by atoms with van der Waals surface area (Å²) in [4.78, 5) is 11.7. The van der Waals surface area contributed by atoms with Gasteiger partial charge in [0.1, 0.15) is 17.6 Å². The molecule has 206 valence electrons. The van der Waals surface area contributed by atoms with Crippen molar-refractivity contribution in [3.05, 3.63) is 125 Å². The second kappa shape index (κ2) is 11.1. The Morgan fingerprint density at radius 3 is 2.45 bits per heavy atom. The minimum Gasteiger partial charge on any atom is -0.373 e. The Labute approximate surface area is 241 Å². The summed E-state index contributed by atoms with van der Waals surface area (Å²) in [7, 11) is 0. The van der Waals surface area contributed by atoms with Crippen LogP contribution in [-0.4, -0.2) is 29.9 Å². The third-order valence-electron chi connectivity index (χ3n) is 6.36. The molecule has 0 bridgehead atoms. The van der Waals surface area contributed by atoms with Crippen LogP contribution in [0.15, 0.2) is 85.6 Å². The minimum atomic E-state index is -1.25. The van der Waals surface area contributed by atoms with E-state index in [1.807, 2.05) is 0 Å². The van der Waals surface area contributed by atoms with Crippen molar-refractivity contribution in [1.29, 1.82) is 5.26 Å². The fraction of sp³-hybridized carbons (Fsp3) is 0.0345. The average molecular weight is 584 g/mol. The molecule has 0 aliphatic rings. The summed E-state index contributed by atoms with van der Waals surface area (Å²) in [5.74, 6) is -2.80. The molecule has 6 aromatic rings. The maximum absolute atomic E-state index is 13.9.